The highest BCUT2D eigenvalue weighted by atomic mass is 16.7. The minimum Gasteiger partial charge on any atom is -0.398 e. The molecule has 0 aliphatic carbocycles. The van der Waals surface area contributed by atoms with E-state index in [1.54, 1.807) is 0 Å². The summed E-state index contributed by atoms with van der Waals surface area (Å²) in [6, 6.07) is 6.01. The van der Waals surface area contributed by atoms with Crippen LogP contribution < -0.4 is 10.5 Å². The van der Waals surface area contributed by atoms with Crippen molar-refractivity contribution in [2.75, 3.05) is 18.0 Å². The zero-order valence-corrected chi connectivity index (χ0v) is 13.4. The van der Waals surface area contributed by atoms with Crippen molar-refractivity contribution in [1.82, 2.24) is 4.98 Å². The Morgan fingerprint density at radius 3 is 2.10 bits per heavy atom. The van der Waals surface area contributed by atoms with E-state index in [0.29, 0.717) is 0 Å². The van der Waals surface area contributed by atoms with E-state index in [2.05, 4.69) is 46.4 Å². The fourth-order valence-electron chi connectivity index (χ4n) is 2.26. The molecule has 0 saturated carbocycles. The molecule has 0 spiro atoms. The van der Waals surface area contributed by atoms with Crippen LogP contribution in [0.15, 0.2) is 18.2 Å². The van der Waals surface area contributed by atoms with Gasteiger partial charge in [-0.05, 0) is 53.7 Å². The van der Waals surface area contributed by atoms with Gasteiger partial charge in [-0.1, -0.05) is 6.07 Å². The molecule has 110 valence electrons. The summed E-state index contributed by atoms with van der Waals surface area (Å²) in [5, 5.41) is 0. The molecule has 1 aromatic rings. The van der Waals surface area contributed by atoms with Gasteiger partial charge < -0.3 is 14.2 Å². The van der Waals surface area contributed by atoms with Crippen LogP contribution in [0.5, 0.6) is 0 Å². The zero-order chi connectivity index (χ0) is 15.0. The van der Waals surface area contributed by atoms with Crippen molar-refractivity contribution < 1.29 is 9.31 Å². The van der Waals surface area contributed by atoms with E-state index >= 15 is 0 Å². The standard InChI is InChI=1S/C15H25BN2O2/c1-7-18(8-2)13-11-9-10-12(17-13)16-19-14(3,4)15(5,6)20-16/h9-11H,7-8H2,1-6H3. The molecule has 0 bridgehead atoms. The first kappa shape index (κ1) is 15.3. The monoisotopic (exact) mass is 276 g/mol. The average Bonchev–Trinajstić information content (AvgIpc) is 2.60. The van der Waals surface area contributed by atoms with E-state index in [1.807, 2.05) is 18.2 Å². The molecule has 0 N–H and O–H groups in total. The molecular weight excluding hydrogens is 251 g/mol. The molecular formula is C15H25BN2O2. The van der Waals surface area contributed by atoms with Crippen LogP contribution in [0.4, 0.5) is 5.82 Å². The van der Waals surface area contributed by atoms with Gasteiger partial charge in [-0.15, -0.1) is 0 Å². The Balaban J connectivity index is 2.25. The normalized spacial score (nSPS) is 20.2. The van der Waals surface area contributed by atoms with Gasteiger partial charge in [0.25, 0.3) is 0 Å². The van der Waals surface area contributed by atoms with Gasteiger partial charge in [-0.25, -0.2) is 4.98 Å². The quantitative estimate of drug-likeness (QED) is 0.790. The average molecular weight is 276 g/mol. The predicted molar refractivity (Wildman–Crippen MR) is 83.5 cm³/mol. The molecule has 0 radical (unpaired) electrons. The largest absolute Gasteiger partial charge is 0.514 e. The number of hydrogen-bond donors (Lipinski definition) is 0. The first-order valence-corrected chi connectivity index (χ1v) is 7.38. The van der Waals surface area contributed by atoms with Crippen molar-refractivity contribution >= 4 is 18.5 Å². The van der Waals surface area contributed by atoms with Gasteiger partial charge in [0.1, 0.15) is 5.82 Å². The maximum absolute atomic E-state index is 6.05. The predicted octanol–water partition coefficient (Wildman–Crippen LogP) is 2.23. The topological polar surface area (TPSA) is 34.6 Å². The molecule has 1 aliphatic heterocycles. The summed E-state index contributed by atoms with van der Waals surface area (Å²) < 4.78 is 12.1. The lowest BCUT2D eigenvalue weighted by atomic mass is 9.84. The molecule has 0 aromatic carbocycles. The molecule has 1 aromatic heterocycles. The van der Waals surface area contributed by atoms with Crippen LogP contribution in [0.2, 0.25) is 0 Å². The number of hydrogen-bond acceptors (Lipinski definition) is 4. The van der Waals surface area contributed by atoms with Gasteiger partial charge in [0, 0.05) is 13.1 Å². The molecule has 20 heavy (non-hydrogen) atoms. The van der Waals surface area contributed by atoms with Crippen LogP contribution in [0, 0.1) is 0 Å². The third-order valence-electron chi connectivity index (χ3n) is 4.34. The molecule has 1 aliphatic rings. The van der Waals surface area contributed by atoms with Crippen LogP contribution in [0.25, 0.3) is 0 Å². The number of nitrogens with zero attached hydrogens (tertiary/aromatic N) is 2. The van der Waals surface area contributed by atoms with Gasteiger partial charge in [0.05, 0.1) is 16.8 Å². The number of pyridine rings is 1. The maximum Gasteiger partial charge on any atom is 0.514 e. The van der Waals surface area contributed by atoms with Crippen molar-refractivity contribution in [3.05, 3.63) is 18.2 Å². The van der Waals surface area contributed by atoms with Gasteiger partial charge in [-0.3, -0.25) is 0 Å². The van der Waals surface area contributed by atoms with Crippen LogP contribution >= 0.6 is 0 Å². The molecule has 2 heterocycles. The molecule has 4 nitrogen and oxygen atoms in total. The molecule has 0 amide bonds. The Hall–Kier alpha value is -1.07. The van der Waals surface area contributed by atoms with E-state index in [9.17, 15) is 0 Å². The van der Waals surface area contributed by atoms with Gasteiger partial charge in [-0.2, -0.15) is 0 Å². The van der Waals surface area contributed by atoms with Crippen molar-refractivity contribution in [2.24, 2.45) is 0 Å². The van der Waals surface area contributed by atoms with Crippen molar-refractivity contribution in [3.63, 3.8) is 0 Å². The third-order valence-corrected chi connectivity index (χ3v) is 4.34. The number of aromatic nitrogens is 1. The lowest BCUT2D eigenvalue weighted by Crippen LogP contribution is -2.41. The fourth-order valence-corrected chi connectivity index (χ4v) is 2.26. The Morgan fingerprint density at radius 1 is 1.05 bits per heavy atom. The summed E-state index contributed by atoms with van der Waals surface area (Å²) in [5.41, 5.74) is 0.183. The lowest BCUT2D eigenvalue weighted by molar-refractivity contribution is 0.00578. The fraction of sp³-hybridized carbons (Fsp3) is 0.667. The van der Waals surface area contributed by atoms with E-state index in [-0.39, 0.29) is 11.2 Å². The highest BCUT2D eigenvalue weighted by molar-refractivity contribution is 6.61. The first-order valence-electron chi connectivity index (χ1n) is 7.38. The van der Waals surface area contributed by atoms with Crippen molar-refractivity contribution in [1.29, 1.82) is 0 Å². The second-order valence-corrected chi connectivity index (χ2v) is 6.18. The van der Waals surface area contributed by atoms with Crippen LogP contribution in [0.1, 0.15) is 41.5 Å². The number of rotatable bonds is 4. The van der Waals surface area contributed by atoms with Crippen LogP contribution in [0.3, 0.4) is 0 Å². The van der Waals surface area contributed by atoms with E-state index in [4.69, 9.17) is 14.3 Å². The minimum absolute atomic E-state index is 0.329. The van der Waals surface area contributed by atoms with Gasteiger partial charge in [0.2, 0.25) is 0 Å². The van der Waals surface area contributed by atoms with E-state index in [0.717, 1.165) is 24.5 Å². The molecule has 0 unspecified atom stereocenters. The Kier molecular flexibility index (Phi) is 4.12. The SMILES string of the molecule is CCN(CC)c1cccc(B2OC(C)(C)C(C)(C)O2)n1. The highest BCUT2D eigenvalue weighted by Crippen LogP contribution is 2.36. The third kappa shape index (κ3) is 2.70. The molecule has 1 fully saturated rings. The highest BCUT2D eigenvalue weighted by Gasteiger charge is 2.52. The molecule has 5 heteroatoms. The summed E-state index contributed by atoms with van der Waals surface area (Å²) in [6.07, 6.45) is 0. The lowest BCUT2D eigenvalue weighted by Gasteiger charge is -2.32. The summed E-state index contributed by atoms with van der Waals surface area (Å²) in [7, 11) is -0.393. The molecule has 1 saturated heterocycles. The maximum atomic E-state index is 6.05. The second kappa shape index (κ2) is 5.37. The summed E-state index contributed by atoms with van der Waals surface area (Å²) in [5.74, 6) is 0.974. The zero-order valence-electron chi connectivity index (χ0n) is 13.4. The first-order chi connectivity index (χ1) is 9.30. The van der Waals surface area contributed by atoms with Crippen LogP contribution in [-0.4, -0.2) is 36.4 Å². The summed E-state index contributed by atoms with van der Waals surface area (Å²) in [4.78, 5) is 6.92. The number of anilines is 1. The molecule has 2 rings (SSSR count). The second-order valence-electron chi connectivity index (χ2n) is 6.18. The smallest absolute Gasteiger partial charge is 0.398 e. The van der Waals surface area contributed by atoms with E-state index < -0.39 is 7.12 Å². The van der Waals surface area contributed by atoms with Crippen molar-refractivity contribution in [3.8, 4) is 0 Å². The summed E-state index contributed by atoms with van der Waals surface area (Å²) in [6.45, 7) is 14.4. The minimum atomic E-state index is -0.393. The Labute approximate surface area is 122 Å². The molecule has 0 atom stereocenters. The Morgan fingerprint density at radius 2 is 1.60 bits per heavy atom. The van der Waals surface area contributed by atoms with Gasteiger partial charge in [0.15, 0.2) is 0 Å². The summed E-state index contributed by atoms with van der Waals surface area (Å²) >= 11 is 0. The van der Waals surface area contributed by atoms with E-state index in [1.165, 1.54) is 0 Å². The van der Waals surface area contributed by atoms with Gasteiger partial charge >= 0.3 is 7.12 Å². The Bertz CT molecular complexity index is 457. The van der Waals surface area contributed by atoms with Crippen molar-refractivity contribution in [2.45, 2.75) is 52.7 Å². The van der Waals surface area contributed by atoms with Crippen LogP contribution in [-0.2, 0) is 9.31 Å².